The number of aryl methyl sites for hydroxylation is 1. The van der Waals surface area contributed by atoms with Gasteiger partial charge in [0.2, 0.25) is 0 Å². The molecule has 150 valence electrons. The molecule has 3 aromatic rings. The number of hydrogen-bond donors (Lipinski definition) is 1. The summed E-state index contributed by atoms with van der Waals surface area (Å²) in [5.74, 6) is 0.0744. The van der Waals surface area contributed by atoms with Crippen molar-refractivity contribution in [3.8, 4) is 11.3 Å². The summed E-state index contributed by atoms with van der Waals surface area (Å²) in [7, 11) is 0. The minimum Gasteiger partial charge on any atom is -0.271 e. The number of carbonyl (C=O) groups is 1. The second-order valence-corrected chi connectivity index (χ2v) is 7.70. The number of fused-ring (bicyclic) bond motifs is 1. The first kappa shape index (κ1) is 20.5. The van der Waals surface area contributed by atoms with Gasteiger partial charge in [0.05, 0.1) is 11.1 Å². The van der Waals surface area contributed by atoms with Gasteiger partial charge in [0.1, 0.15) is 6.54 Å². The molecule has 0 spiro atoms. The normalized spacial score (nSPS) is 11.8. The molecule has 0 atom stereocenters. The molecule has 0 aliphatic heterocycles. The minimum absolute atomic E-state index is 0.193. The molecule has 2 aromatic carbocycles. The number of nitrogens with one attached hydrogen (secondary N) is 1. The molecule has 29 heavy (non-hydrogen) atoms. The van der Waals surface area contributed by atoms with Gasteiger partial charge in [0.15, 0.2) is 0 Å². The molecule has 1 aromatic heterocycles. The maximum Gasteiger partial charge on any atom is 0.275 e. The first-order chi connectivity index (χ1) is 13.8. The Morgan fingerprint density at radius 1 is 1.10 bits per heavy atom. The van der Waals surface area contributed by atoms with E-state index in [4.69, 9.17) is 0 Å². The molecule has 0 saturated carbocycles. The van der Waals surface area contributed by atoms with Gasteiger partial charge in [0, 0.05) is 16.7 Å². The fourth-order valence-electron chi connectivity index (χ4n) is 3.23. The van der Waals surface area contributed by atoms with Crippen LogP contribution in [0.3, 0.4) is 0 Å². The molecule has 6 heteroatoms. The van der Waals surface area contributed by atoms with E-state index in [1.54, 1.807) is 6.07 Å². The summed E-state index contributed by atoms with van der Waals surface area (Å²) in [4.78, 5) is 25.2. The molecule has 3 rings (SSSR count). The third kappa shape index (κ3) is 4.96. The number of hydrazone groups is 1. The Balaban J connectivity index is 1.96. The largest absolute Gasteiger partial charge is 0.275 e. The van der Waals surface area contributed by atoms with Crippen molar-refractivity contribution in [3.63, 3.8) is 0 Å². The van der Waals surface area contributed by atoms with Crippen LogP contribution >= 0.6 is 0 Å². The fourth-order valence-corrected chi connectivity index (χ4v) is 3.23. The molecule has 0 bridgehead atoms. The standard InChI is InChI=1S/C23H26N4O2/c1-15(2)13-17(4)24-25-21(28)14-27-23(29)20-8-6-5-7-19(20)22(26-27)18-11-9-16(3)10-12-18/h5-12,15H,13-14H2,1-4H3,(H,25,28)/b24-17+. The van der Waals surface area contributed by atoms with Crippen molar-refractivity contribution in [1.82, 2.24) is 15.2 Å². The molecule has 6 nitrogen and oxygen atoms in total. The number of benzene rings is 2. The first-order valence-corrected chi connectivity index (χ1v) is 9.74. The van der Waals surface area contributed by atoms with E-state index in [1.807, 2.05) is 56.3 Å². The molecule has 0 aliphatic carbocycles. The summed E-state index contributed by atoms with van der Waals surface area (Å²) in [6.07, 6.45) is 0.798. The molecule has 0 radical (unpaired) electrons. The predicted octanol–water partition coefficient (Wildman–Crippen LogP) is 3.91. The Hall–Kier alpha value is -3.28. The van der Waals surface area contributed by atoms with Gasteiger partial charge in [0.25, 0.3) is 11.5 Å². The number of rotatable bonds is 6. The van der Waals surface area contributed by atoms with Gasteiger partial charge in [-0.25, -0.2) is 10.1 Å². The lowest BCUT2D eigenvalue weighted by Gasteiger charge is -2.11. The van der Waals surface area contributed by atoms with E-state index < -0.39 is 0 Å². The zero-order chi connectivity index (χ0) is 21.0. The van der Waals surface area contributed by atoms with Crippen LogP contribution in [0, 0.1) is 12.8 Å². The molecular weight excluding hydrogens is 364 g/mol. The van der Waals surface area contributed by atoms with Crippen LogP contribution in [0.25, 0.3) is 22.0 Å². The van der Waals surface area contributed by atoms with Crippen molar-refractivity contribution in [2.24, 2.45) is 11.0 Å². The lowest BCUT2D eigenvalue weighted by Crippen LogP contribution is -2.32. The van der Waals surface area contributed by atoms with Gasteiger partial charge < -0.3 is 0 Å². The summed E-state index contributed by atoms with van der Waals surface area (Å²) in [5, 5.41) is 9.93. The summed E-state index contributed by atoms with van der Waals surface area (Å²) < 4.78 is 1.21. The van der Waals surface area contributed by atoms with Gasteiger partial charge >= 0.3 is 0 Å². The summed E-state index contributed by atoms with van der Waals surface area (Å²) in [6.45, 7) is 7.87. The van der Waals surface area contributed by atoms with Gasteiger partial charge in [-0.15, -0.1) is 0 Å². The van der Waals surface area contributed by atoms with E-state index in [1.165, 1.54) is 4.68 Å². The highest BCUT2D eigenvalue weighted by Gasteiger charge is 2.14. The van der Waals surface area contributed by atoms with Crippen molar-refractivity contribution in [3.05, 3.63) is 64.4 Å². The van der Waals surface area contributed by atoms with Crippen molar-refractivity contribution in [2.75, 3.05) is 0 Å². The SMILES string of the molecule is C/C(CC(C)C)=N\NC(=O)Cn1nc(-c2ccc(C)cc2)c2ccccc2c1=O. The van der Waals surface area contributed by atoms with Crippen LogP contribution in [0.5, 0.6) is 0 Å². The fraction of sp³-hybridized carbons (Fsp3) is 0.304. The Bertz CT molecular complexity index is 1110. The Morgan fingerprint density at radius 3 is 2.41 bits per heavy atom. The Labute approximate surface area is 170 Å². The van der Waals surface area contributed by atoms with Crippen LogP contribution in [0.2, 0.25) is 0 Å². The molecule has 1 heterocycles. The summed E-state index contributed by atoms with van der Waals surface area (Å²) >= 11 is 0. The molecule has 0 unspecified atom stereocenters. The number of nitrogens with zero attached hydrogens (tertiary/aromatic N) is 3. The molecular formula is C23H26N4O2. The smallest absolute Gasteiger partial charge is 0.271 e. The zero-order valence-corrected chi connectivity index (χ0v) is 17.3. The van der Waals surface area contributed by atoms with Crippen LogP contribution in [0.4, 0.5) is 0 Å². The number of aromatic nitrogens is 2. The summed E-state index contributed by atoms with van der Waals surface area (Å²) in [5.41, 5.74) is 5.78. The van der Waals surface area contributed by atoms with Gasteiger partial charge in [-0.05, 0) is 32.3 Å². The van der Waals surface area contributed by atoms with E-state index in [0.717, 1.165) is 28.6 Å². The Morgan fingerprint density at radius 2 is 1.76 bits per heavy atom. The molecule has 1 N–H and O–H groups in total. The average Bonchev–Trinajstić information content (AvgIpc) is 2.69. The molecule has 1 amide bonds. The highest BCUT2D eigenvalue weighted by molar-refractivity contribution is 5.94. The highest BCUT2D eigenvalue weighted by atomic mass is 16.2. The molecule has 0 saturated heterocycles. The minimum atomic E-state index is -0.382. The topological polar surface area (TPSA) is 76.3 Å². The van der Waals surface area contributed by atoms with Crippen LogP contribution in [-0.4, -0.2) is 21.4 Å². The van der Waals surface area contributed by atoms with Crippen molar-refractivity contribution in [2.45, 2.75) is 40.7 Å². The van der Waals surface area contributed by atoms with Gasteiger partial charge in [-0.1, -0.05) is 61.9 Å². The maximum atomic E-state index is 12.9. The van der Waals surface area contributed by atoms with E-state index in [0.29, 0.717) is 17.0 Å². The molecule has 0 fully saturated rings. The molecule has 0 aliphatic rings. The van der Waals surface area contributed by atoms with Crippen LogP contribution in [0.1, 0.15) is 32.8 Å². The number of carbonyl (C=O) groups excluding carboxylic acids is 1. The third-order valence-corrected chi connectivity index (χ3v) is 4.56. The highest BCUT2D eigenvalue weighted by Crippen LogP contribution is 2.24. The first-order valence-electron chi connectivity index (χ1n) is 9.74. The van der Waals surface area contributed by atoms with E-state index in [2.05, 4.69) is 29.5 Å². The lowest BCUT2D eigenvalue weighted by atomic mass is 10.0. The third-order valence-electron chi connectivity index (χ3n) is 4.56. The predicted molar refractivity (Wildman–Crippen MR) is 117 cm³/mol. The van der Waals surface area contributed by atoms with E-state index >= 15 is 0 Å². The van der Waals surface area contributed by atoms with Crippen molar-refractivity contribution < 1.29 is 4.79 Å². The quantitative estimate of drug-likeness (QED) is 0.512. The zero-order valence-electron chi connectivity index (χ0n) is 17.3. The average molecular weight is 390 g/mol. The van der Waals surface area contributed by atoms with E-state index in [-0.39, 0.29) is 18.0 Å². The van der Waals surface area contributed by atoms with Gasteiger partial charge in [-0.3, -0.25) is 9.59 Å². The lowest BCUT2D eigenvalue weighted by molar-refractivity contribution is -0.121. The number of hydrogen-bond acceptors (Lipinski definition) is 4. The second kappa shape index (κ2) is 8.82. The van der Waals surface area contributed by atoms with Crippen LogP contribution in [0.15, 0.2) is 58.4 Å². The maximum absolute atomic E-state index is 12.9. The van der Waals surface area contributed by atoms with Crippen molar-refractivity contribution >= 4 is 22.4 Å². The van der Waals surface area contributed by atoms with Crippen LogP contribution < -0.4 is 11.0 Å². The second-order valence-electron chi connectivity index (χ2n) is 7.70. The van der Waals surface area contributed by atoms with Gasteiger partial charge in [-0.2, -0.15) is 10.2 Å². The Kier molecular flexibility index (Phi) is 6.22. The van der Waals surface area contributed by atoms with Crippen LogP contribution in [-0.2, 0) is 11.3 Å². The monoisotopic (exact) mass is 390 g/mol. The van der Waals surface area contributed by atoms with E-state index in [9.17, 15) is 9.59 Å². The van der Waals surface area contributed by atoms with Crippen molar-refractivity contribution in [1.29, 1.82) is 0 Å². The number of amides is 1. The summed E-state index contributed by atoms with van der Waals surface area (Å²) in [6, 6.07) is 15.3.